The molecule has 1 aliphatic carbocycles. The van der Waals surface area contributed by atoms with E-state index in [1.54, 1.807) is 26.2 Å². The zero-order valence-corrected chi connectivity index (χ0v) is 12.4. The van der Waals surface area contributed by atoms with Gasteiger partial charge in [-0.25, -0.2) is 4.98 Å². The van der Waals surface area contributed by atoms with Crippen LogP contribution in [0.5, 0.6) is 0 Å². The Morgan fingerprint density at radius 1 is 1.43 bits per heavy atom. The number of amides is 1. The number of carbonyl (C=O) groups excluding carboxylic acids is 1. The SMILES string of the molecule is COCC1(NC(=O)c2ccc3nc(C)oc3c2)CCCC1. The topological polar surface area (TPSA) is 64.4 Å². The quantitative estimate of drug-likeness (QED) is 0.939. The Labute approximate surface area is 123 Å². The van der Waals surface area contributed by atoms with Crippen molar-refractivity contribution in [2.45, 2.75) is 38.1 Å². The summed E-state index contributed by atoms with van der Waals surface area (Å²) in [7, 11) is 1.68. The molecule has 1 saturated carbocycles. The molecule has 0 atom stereocenters. The van der Waals surface area contributed by atoms with Gasteiger partial charge in [-0.15, -0.1) is 0 Å². The van der Waals surface area contributed by atoms with E-state index in [-0.39, 0.29) is 11.4 Å². The van der Waals surface area contributed by atoms with Crippen LogP contribution in [-0.2, 0) is 4.74 Å². The summed E-state index contributed by atoms with van der Waals surface area (Å²) in [5.74, 6) is 0.527. The average molecular weight is 288 g/mol. The number of nitrogens with one attached hydrogen (secondary N) is 1. The molecule has 1 aromatic heterocycles. The van der Waals surface area contributed by atoms with Crippen molar-refractivity contribution in [2.24, 2.45) is 0 Å². The maximum absolute atomic E-state index is 12.5. The minimum absolute atomic E-state index is 0.0788. The average Bonchev–Trinajstić information content (AvgIpc) is 3.04. The van der Waals surface area contributed by atoms with Crippen LogP contribution >= 0.6 is 0 Å². The number of hydrogen-bond donors (Lipinski definition) is 1. The second-order valence-electron chi connectivity index (χ2n) is 5.79. The molecule has 0 unspecified atom stereocenters. The zero-order valence-electron chi connectivity index (χ0n) is 12.4. The highest BCUT2D eigenvalue weighted by Crippen LogP contribution is 2.30. The lowest BCUT2D eigenvalue weighted by Crippen LogP contribution is -2.49. The summed E-state index contributed by atoms with van der Waals surface area (Å²) in [4.78, 5) is 16.7. The number of methoxy groups -OCH3 is 1. The van der Waals surface area contributed by atoms with E-state index in [1.807, 2.05) is 6.07 Å². The highest BCUT2D eigenvalue weighted by Gasteiger charge is 2.35. The van der Waals surface area contributed by atoms with Gasteiger partial charge in [-0.2, -0.15) is 0 Å². The van der Waals surface area contributed by atoms with E-state index >= 15 is 0 Å². The molecule has 5 nitrogen and oxygen atoms in total. The van der Waals surface area contributed by atoms with Crippen LogP contribution in [0.4, 0.5) is 0 Å². The van der Waals surface area contributed by atoms with Crippen molar-refractivity contribution in [3.05, 3.63) is 29.7 Å². The molecule has 5 heteroatoms. The molecule has 1 aliphatic rings. The number of nitrogens with zero attached hydrogens (tertiary/aromatic N) is 1. The molecule has 0 bridgehead atoms. The molecule has 1 aromatic carbocycles. The Balaban J connectivity index is 1.82. The fourth-order valence-corrected chi connectivity index (χ4v) is 3.13. The van der Waals surface area contributed by atoms with Crippen molar-refractivity contribution in [3.63, 3.8) is 0 Å². The highest BCUT2D eigenvalue weighted by molar-refractivity contribution is 5.97. The van der Waals surface area contributed by atoms with Gasteiger partial charge in [0.1, 0.15) is 5.52 Å². The smallest absolute Gasteiger partial charge is 0.251 e. The van der Waals surface area contributed by atoms with Gasteiger partial charge in [0.25, 0.3) is 5.91 Å². The van der Waals surface area contributed by atoms with Crippen molar-refractivity contribution < 1.29 is 13.9 Å². The molecule has 3 rings (SSSR count). The number of benzene rings is 1. The van der Waals surface area contributed by atoms with Gasteiger partial charge in [0, 0.05) is 19.6 Å². The van der Waals surface area contributed by atoms with Crippen LogP contribution in [0.2, 0.25) is 0 Å². The van der Waals surface area contributed by atoms with Crippen molar-refractivity contribution >= 4 is 17.0 Å². The number of hydrogen-bond acceptors (Lipinski definition) is 4. The molecular formula is C16H20N2O3. The van der Waals surface area contributed by atoms with E-state index in [9.17, 15) is 4.79 Å². The molecule has 1 heterocycles. The second-order valence-corrected chi connectivity index (χ2v) is 5.79. The monoisotopic (exact) mass is 288 g/mol. The number of carbonyl (C=O) groups is 1. The number of oxazole rings is 1. The first kappa shape index (κ1) is 14.1. The molecule has 0 spiro atoms. The number of rotatable bonds is 4. The van der Waals surface area contributed by atoms with Gasteiger partial charge in [-0.1, -0.05) is 12.8 Å². The maximum Gasteiger partial charge on any atom is 0.251 e. The fourth-order valence-electron chi connectivity index (χ4n) is 3.13. The van der Waals surface area contributed by atoms with Crippen molar-refractivity contribution in [1.29, 1.82) is 0 Å². The third kappa shape index (κ3) is 2.78. The Bertz CT molecular complexity index is 657. The molecule has 112 valence electrons. The normalized spacial score (nSPS) is 17.2. The van der Waals surface area contributed by atoms with Crippen molar-refractivity contribution in [3.8, 4) is 0 Å². The number of fused-ring (bicyclic) bond motifs is 1. The lowest BCUT2D eigenvalue weighted by atomic mass is 9.98. The van der Waals surface area contributed by atoms with Gasteiger partial charge in [0.2, 0.25) is 0 Å². The molecular weight excluding hydrogens is 268 g/mol. The Morgan fingerprint density at radius 2 is 2.19 bits per heavy atom. The van der Waals surface area contributed by atoms with E-state index < -0.39 is 0 Å². The largest absolute Gasteiger partial charge is 0.441 e. The van der Waals surface area contributed by atoms with E-state index in [2.05, 4.69) is 10.3 Å². The van der Waals surface area contributed by atoms with E-state index in [0.29, 0.717) is 23.6 Å². The highest BCUT2D eigenvalue weighted by atomic mass is 16.5. The lowest BCUT2D eigenvalue weighted by molar-refractivity contribution is 0.0767. The summed E-state index contributed by atoms with van der Waals surface area (Å²) in [5, 5.41) is 3.16. The molecule has 1 amide bonds. The molecule has 1 N–H and O–H groups in total. The molecule has 0 saturated heterocycles. The van der Waals surface area contributed by atoms with Gasteiger partial charge < -0.3 is 14.5 Å². The lowest BCUT2D eigenvalue weighted by Gasteiger charge is -2.29. The van der Waals surface area contributed by atoms with Crippen LogP contribution in [0, 0.1) is 6.92 Å². The molecule has 0 aliphatic heterocycles. The van der Waals surface area contributed by atoms with Gasteiger partial charge >= 0.3 is 0 Å². The van der Waals surface area contributed by atoms with Crippen molar-refractivity contribution in [2.75, 3.05) is 13.7 Å². The molecule has 2 aromatic rings. The third-order valence-electron chi connectivity index (χ3n) is 4.12. The van der Waals surface area contributed by atoms with Crippen LogP contribution < -0.4 is 5.32 Å². The molecule has 21 heavy (non-hydrogen) atoms. The Kier molecular flexibility index (Phi) is 3.68. The predicted molar refractivity (Wildman–Crippen MR) is 79.3 cm³/mol. The van der Waals surface area contributed by atoms with Crippen molar-refractivity contribution in [1.82, 2.24) is 10.3 Å². The van der Waals surface area contributed by atoms with E-state index in [1.165, 1.54) is 0 Å². The summed E-state index contributed by atoms with van der Waals surface area (Å²) in [6.45, 7) is 2.36. The first-order valence-electron chi connectivity index (χ1n) is 7.31. The third-order valence-corrected chi connectivity index (χ3v) is 4.12. The van der Waals surface area contributed by atoms with Crippen LogP contribution in [0.15, 0.2) is 22.6 Å². The fraction of sp³-hybridized carbons (Fsp3) is 0.500. The second kappa shape index (κ2) is 5.48. The number of ether oxygens (including phenoxy) is 1. The van der Waals surface area contributed by atoms with E-state index in [0.717, 1.165) is 31.2 Å². The standard InChI is InChI=1S/C16H20N2O3/c1-11-17-13-6-5-12(9-14(13)21-11)15(19)18-16(10-20-2)7-3-4-8-16/h5-6,9H,3-4,7-8,10H2,1-2H3,(H,18,19). The molecule has 1 fully saturated rings. The van der Waals surface area contributed by atoms with Crippen LogP contribution in [0.1, 0.15) is 41.9 Å². The number of aryl methyl sites for hydroxylation is 1. The maximum atomic E-state index is 12.5. The predicted octanol–water partition coefficient (Wildman–Crippen LogP) is 2.83. The zero-order chi connectivity index (χ0) is 14.9. The summed E-state index contributed by atoms with van der Waals surface area (Å²) in [6.07, 6.45) is 4.19. The van der Waals surface area contributed by atoms with Crippen LogP contribution in [0.3, 0.4) is 0 Å². The summed E-state index contributed by atoms with van der Waals surface area (Å²) in [5.41, 5.74) is 1.79. The van der Waals surface area contributed by atoms with Crippen LogP contribution in [-0.4, -0.2) is 30.1 Å². The Hall–Kier alpha value is -1.88. The minimum atomic E-state index is -0.224. The van der Waals surface area contributed by atoms with Gasteiger partial charge in [0.05, 0.1) is 12.1 Å². The van der Waals surface area contributed by atoms with E-state index in [4.69, 9.17) is 9.15 Å². The van der Waals surface area contributed by atoms with Crippen LogP contribution in [0.25, 0.3) is 11.1 Å². The summed E-state index contributed by atoms with van der Waals surface area (Å²) >= 11 is 0. The Morgan fingerprint density at radius 3 is 2.90 bits per heavy atom. The minimum Gasteiger partial charge on any atom is -0.441 e. The number of aromatic nitrogens is 1. The van der Waals surface area contributed by atoms with Gasteiger partial charge in [-0.3, -0.25) is 4.79 Å². The van der Waals surface area contributed by atoms with Gasteiger partial charge in [-0.05, 0) is 31.0 Å². The van der Waals surface area contributed by atoms with Gasteiger partial charge in [0.15, 0.2) is 11.5 Å². The summed E-state index contributed by atoms with van der Waals surface area (Å²) < 4.78 is 10.8. The summed E-state index contributed by atoms with van der Waals surface area (Å²) in [6, 6.07) is 5.35. The molecule has 0 radical (unpaired) electrons. The first-order valence-corrected chi connectivity index (χ1v) is 7.31. The first-order chi connectivity index (χ1) is 10.1.